The van der Waals surface area contributed by atoms with Gasteiger partial charge >= 0.3 is 12.1 Å². The van der Waals surface area contributed by atoms with Gasteiger partial charge < -0.3 is 9.84 Å². The van der Waals surface area contributed by atoms with Gasteiger partial charge in [0.05, 0.1) is 12.2 Å². The van der Waals surface area contributed by atoms with Crippen LogP contribution in [0, 0.1) is 0 Å². The summed E-state index contributed by atoms with van der Waals surface area (Å²) in [5.41, 5.74) is -1.52. The Bertz CT molecular complexity index is 587. The maximum Gasteiger partial charge on any atom is 0.416 e. The molecule has 0 bridgehead atoms. The maximum atomic E-state index is 13.2. The smallest absolute Gasteiger partial charge is 0.416 e. The van der Waals surface area contributed by atoms with Crippen molar-refractivity contribution in [3.05, 3.63) is 47.2 Å². The Morgan fingerprint density at radius 2 is 2.00 bits per heavy atom. The van der Waals surface area contributed by atoms with Gasteiger partial charge in [-0.2, -0.15) is 13.2 Å². The Morgan fingerprint density at radius 1 is 1.36 bits per heavy atom. The number of hydrogen-bond acceptors (Lipinski definition) is 2. The predicted octanol–water partition coefficient (Wildman–Crippen LogP) is 4.13. The van der Waals surface area contributed by atoms with E-state index in [1.807, 2.05) is 0 Å². The first-order chi connectivity index (χ1) is 10.3. The molecule has 0 radical (unpaired) electrons. The summed E-state index contributed by atoms with van der Waals surface area (Å²) >= 11 is 0. The van der Waals surface area contributed by atoms with E-state index in [9.17, 15) is 18.0 Å². The summed E-state index contributed by atoms with van der Waals surface area (Å²) in [5, 5.41) is 9.15. The molecule has 0 unspecified atom stereocenters. The number of carbonyl (C=O) groups is 1. The van der Waals surface area contributed by atoms with E-state index in [0.717, 1.165) is 12.5 Å². The van der Waals surface area contributed by atoms with Crippen LogP contribution in [-0.2, 0) is 21.1 Å². The minimum Gasteiger partial charge on any atom is -0.487 e. The van der Waals surface area contributed by atoms with Gasteiger partial charge in [0, 0.05) is 5.41 Å². The van der Waals surface area contributed by atoms with Crippen molar-refractivity contribution in [1.82, 2.24) is 0 Å². The number of halogens is 3. The molecule has 22 heavy (non-hydrogen) atoms. The molecule has 1 aliphatic carbocycles. The van der Waals surface area contributed by atoms with Gasteiger partial charge in [-0.15, -0.1) is 0 Å². The number of benzene rings is 1. The molecule has 6 heteroatoms. The van der Waals surface area contributed by atoms with Crippen molar-refractivity contribution in [2.24, 2.45) is 0 Å². The number of allylic oxidation sites excluding steroid dienone is 1. The number of carboxylic acids is 1. The Balaban J connectivity index is 2.52. The van der Waals surface area contributed by atoms with Crippen molar-refractivity contribution in [3.8, 4) is 0 Å². The van der Waals surface area contributed by atoms with Gasteiger partial charge in [-0.25, -0.2) is 4.79 Å². The molecule has 0 aliphatic heterocycles. The van der Waals surface area contributed by atoms with Crippen LogP contribution in [0.25, 0.3) is 0 Å². The average Bonchev–Trinajstić information content (AvgIpc) is 2.40. The van der Waals surface area contributed by atoms with E-state index in [4.69, 9.17) is 9.84 Å². The molecule has 0 amide bonds. The van der Waals surface area contributed by atoms with E-state index < -0.39 is 23.1 Å². The van der Waals surface area contributed by atoms with Crippen LogP contribution < -0.4 is 0 Å². The summed E-state index contributed by atoms with van der Waals surface area (Å²) in [6.07, 6.45) is -1.43. The Morgan fingerprint density at radius 3 is 2.45 bits per heavy atom. The third kappa shape index (κ3) is 3.10. The third-order valence-electron chi connectivity index (χ3n) is 3.93. The molecule has 1 aromatic carbocycles. The van der Waals surface area contributed by atoms with Crippen molar-refractivity contribution >= 4 is 5.97 Å². The molecule has 0 heterocycles. The zero-order chi connectivity index (χ0) is 16.4. The molecule has 0 spiro atoms. The Hall–Kier alpha value is -1.98. The Kier molecular flexibility index (Phi) is 4.49. The highest BCUT2D eigenvalue weighted by atomic mass is 19.4. The molecular weight excluding hydrogens is 297 g/mol. The first-order valence-electron chi connectivity index (χ1n) is 7.06. The summed E-state index contributed by atoms with van der Waals surface area (Å²) in [4.78, 5) is 11.2. The molecule has 1 N–H and O–H groups in total. The maximum absolute atomic E-state index is 13.2. The van der Waals surface area contributed by atoms with Crippen molar-refractivity contribution in [1.29, 1.82) is 0 Å². The summed E-state index contributed by atoms with van der Waals surface area (Å²) in [7, 11) is 0. The van der Waals surface area contributed by atoms with Crippen LogP contribution in [0.4, 0.5) is 13.2 Å². The van der Waals surface area contributed by atoms with Gasteiger partial charge in [0.25, 0.3) is 0 Å². The minimum absolute atomic E-state index is 0.118. The quantitative estimate of drug-likeness (QED) is 0.656. The molecule has 0 atom stereocenters. The first-order valence-corrected chi connectivity index (χ1v) is 7.06. The number of alkyl halides is 3. The molecular formula is C16H17F3O3. The van der Waals surface area contributed by atoms with E-state index in [2.05, 4.69) is 0 Å². The molecule has 1 aliphatic rings. The molecule has 1 aromatic rings. The average molecular weight is 314 g/mol. The molecule has 0 aromatic heterocycles. The number of aliphatic carboxylic acids is 1. The predicted molar refractivity (Wildman–Crippen MR) is 74.3 cm³/mol. The van der Waals surface area contributed by atoms with Crippen LogP contribution in [0.15, 0.2) is 36.1 Å². The molecule has 0 saturated heterocycles. The van der Waals surface area contributed by atoms with Crippen molar-refractivity contribution in [2.75, 3.05) is 6.61 Å². The first kappa shape index (κ1) is 16.4. The van der Waals surface area contributed by atoms with E-state index in [1.165, 1.54) is 18.2 Å². The minimum atomic E-state index is -4.47. The lowest BCUT2D eigenvalue weighted by atomic mass is 9.63. The van der Waals surface area contributed by atoms with Crippen LogP contribution in [0.2, 0.25) is 0 Å². The normalized spacial score (nSPS) is 17.7. The number of carboxylic acid groups (broad SMARTS) is 1. The van der Waals surface area contributed by atoms with Crippen LogP contribution in [0.1, 0.15) is 37.3 Å². The fourth-order valence-electron chi connectivity index (χ4n) is 2.79. The second kappa shape index (κ2) is 6.02. The lowest BCUT2D eigenvalue weighted by Gasteiger charge is -2.41. The highest BCUT2D eigenvalue weighted by molar-refractivity contribution is 5.84. The largest absolute Gasteiger partial charge is 0.487 e. The summed E-state index contributed by atoms with van der Waals surface area (Å²) in [6.45, 7) is 1.78. The van der Waals surface area contributed by atoms with Crippen LogP contribution in [0.3, 0.4) is 0 Å². The van der Waals surface area contributed by atoms with E-state index in [1.54, 1.807) is 13.0 Å². The van der Waals surface area contributed by atoms with Gasteiger partial charge in [0.15, 0.2) is 0 Å². The monoisotopic (exact) mass is 314 g/mol. The van der Waals surface area contributed by atoms with Crippen LogP contribution in [0.5, 0.6) is 0 Å². The van der Waals surface area contributed by atoms with Gasteiger partial charge in [-0.1, -0.05) is 24.6 Å². The SMILES string of the molecule is CCO/C(=C\C1(c2ccccc2C(F)(F)F)CCC1)C(=O)O. The topological polar surface area (TPSA) is 46.5 Å². The fraction of sp³-hybridized carbons (Fsp3) is 0.438. The van der Waals surface area contributed by atoms with Crippen molar-refractivity contribution in [3.63, 3.8) is 0 Å². The third-order valence-corrected chi connectivity index (χ3v) is 3.93. The highest BCUT2D eigenvalue weighted by Crippen LogP contribution is 2.49. The van der Waals surface area contributed by atoms with Crippen molar-refractivity contribution in [2.45, 2.75) is 37.8 Å². The van der Waals surface area contributed by atoms with Gasteiger partial charge in [0.2, 0.25) is 5.76 Å². The van der Waals surface area contributed by atoms with Gasteiger partial charge in [0.1, 0.15) is 0 Å². The molecule has 2 rings (SSSR count). The van der Waals surface area contributed by atoms with Gasteiger partial charge in [-0.05, 0) is 37.5 Å². The van der Waals surface area contributed by atoms with Crippen molar-refractivity contribution < 1.29 is 27.8 Å². The lowest BCUT2D eigenvalue weighted by Crippen LogP contribution is -2.35. The van der Waals surface area contributed by atoms with E-state index >= 15 is 0 Å². The van der Waals surface area contributed by atoms with E-state index in [-0.39, 0.29) is 17.9 Å². The Labute approximate surface area is 126 Å². The zero-order valence-electron chi connectivity index (χ0n) is 12.1. The molecule has 120 valence electrons. The highest BCUT2D eigenvalue weighted by Gasteiger charge is 2.44. The molecule has 1 fully saturated rings. The zero-order valence-corrected chi connectivity index (χ0v) is 12.1. The number of ether oxygens (including phenoxy) is 1. The lowest BCUT2D eigenvalue weighted by molar-refractivity contribution is -0.139. The summed E-state index contributed by atoms with van der Waals surface area (Å²) in [5.74, 6) is -1.56. The van der Waals surface area contributed by atoms with E-state index in [0.29, 0.717) is 12.8 Å². The number of rotatable bonds is 5. The summed E-state index contributed by atoms with van der Waals surface area (Å²) < 4.78 is 44.7. The summed E-state index contributed by atoms with van der Waals surface area (Å²) in [6, 6.07) is 5.33. The standard InChI is InChI=1S/C16H17F3O3/c1-2-22-13(14(20)21)10-15(8-5-9-15)11-6-3-4-7-12(11)16(17,18)19/h3-4,6-7,10H,2,5,8-9H2,1H3,(H,20,21)/b13-10-. The number of hydrogen-bond donors (Lipinski definition) is 1. The van der Waals surface area contributed by atoms with Crippen LogP contribution in [-0.4, -0.2) is 17.7 Å². The van der Waals surface area contributed by atoms with Gasteiger partial charge in [-0.3, -0.25) is 0 Å². The molecule has 3 nitrogen and oxygen atoms in total. The molecule has 1 saturated carbocycles. The second-order valence-electron chi connectivity index (χ2n) is 5.30. The second-order valence-corrected chi connectivity index (χ2v) is 5.30. The van der Waals surface area contributed by atoms with Crippen LogP contribution >= 0.6 is 0 Å². The fourth-order valence-corrected chi connectivity index (χ4v) is 2.79.